The summed E-state index contributed by atoms with van der Waals surface area (Å²) in [6, 6.07) is 0. The fraction of sp³-hybridized carbons (Fsp3) is 0.625. The molecule has 1 rings (SSSR count). The predicted octanol–water partition coefficient (Wildman–Crippen LogP) is 8.59. The Bertz CT molecular complexity index is 533. The average Bonchev–Trinajstić information content (AvgIpc) is 2.29. The Kier molecular flexibility index (Phi) is 7.67. The van der Waals surface area contributed by atoms with Crippen LogP contribution >= 0.6 is 15.6 Å². The third-order valence-electron chi connectivity index (χ3n) is 1.96. The zero-order chi connectivity index (χ0) is 20.5. The number of hydrogen-bond donors (Lipinski definition) is 0. The molecule has 25 heavy (non-hydrogen) atoms. The normalized spacial score (nSPS) is 17.1. The second-order valence-corrected chi connectivity index (χ2v) is 8.32. The molecule has 0 spiro atoms. The molecule has 0 saturated heterocycles. The van der Waals surface area contributed by atoms with Crippen LogP contribution in [0, 0.1) is 20.8 Å². The summed E-state index contributed by atoms with van der Waals surface area (Å²) in [4.78, 5) is 4.34. The summed E-state index contributed by atoms with van der Waals surface area (Å²) in [5, 5.41) is 0. The number of aromatic nitrogens is 2. The monoisotopic (exact) mass is 492 g/mol. The number of nitrogens with zero attached hydrogens (tertiary/aromatic N) is 2. The zero-order valence-electron chi connectivity index (χ0n) is 13.2. The molecule has 0 N–H and O–H groups in total. The summed E-state index contributed by atoms with van der Waals surface area (Å²) in [5.74, 6) is 1.12. The van der Waals surface area contributed by atoms with Crippen LogP contribution in [0.2, 0.25) is 0 Å². The van der Waals surface area contributed by atoms with E-state index >= 15 is 0 Å². The molecule has 1 aromatic rings. The summed E-state index contributed by atoms with van der Waals surface area (Å²) >= 11 is 0. The fourth-order valence-electron chi connectivity index (χ4n) is 1.29. The van der Waals surface area contributed by atoms with E-state index in [2.05, 4.69) is 30.3 Å². The van der Waals surface area contributed by atoms with Crippen LogP contribution in [0.5, 0.6) is 0 Å². The number of aryl methyl sites for hydroxylation is 2. The van der Waals surface area contributed by atoms with E-state index in [0.717, 1.165) is 18.1 Å². The summed E-state index contributed by atoms with van der Waals surface area (Å²) < 4.78 is 121. The molecule has 17 heteroatoms. The minimum absolute atomic E-state index is 0. The first kappa shape index (κ1) is 29.6. The van der Waals surface area contributed by atoms with Crippen LogP contribution in [-0.2, 0) is 26.0 Å². The Balaban J connectivity index is -0.000000293. The van der Waals surface area contributed by atoms with Crippen LogP contribution in [0.1, 0.15) is 24.1 Å². The molecule has 2 nitrogen and oxygen atoms in total. The van der Waals surface area contributed by atoms with Gasteiger partial charge in [0.05, 0.1) is 5.69 Å². The van der Waals surface area contributed by atoms with Gasteiger partial charge in [-0.05, 0) is 27.7 Å². The van der Waals surface area contributed by atoms with Crippen molar-refractivity contribution in [1.82, 2.24) is 9.55 Å². The maximum Gasteiger partial charge on any atom is 2.00 e. The van der Waals surface area contributed by atoms with Gasteiger partial charge in [0.2, 0.25) is 0 Å². The molecule has 1 aromatic heterocycles. The van der Waals surface area contributed by atoms with Crippen LogP contribution in [-0.4, -0.2) is 9.55 Å². The number of rotatable bonds is 1. The Labute approximate surface area is 147 Å². The molecule has 0 fully saturated rings. The van der Waals surface area contributed by atoms with Gasteiger partial charge in [0.1, 0.15) is 5.82 Å². The van der Waals surface area contributed by atoms with Gasteiger partial charge in [-0.15, -0.1) is 0 Å². The SMILES string of the molecule is CCn1c(C)nc(C)c1C.F[P-](F)(F)(F)(F)F.F[P-](F)(F)(F)(F)F.[Zn+2]. The van der Waals surface area contributed by atoms with Crippen molar-refractivity contribution < 1.29 is 69.8 Å². The van der Waals surface area contributed by atoms with Crippen molar-refractivity contribution in [2.45, 2.75) is 34.2 Å². The molecule has 0 atom stereocenters. The number of imidazole rings is 1. The second kappa shape index (κ2) is 6.48. The Morgan fingerprint density at radius 3 is 1.04 bits per heavy atom. The van der Waals surface area contributed by atoms with E-state index in [1.807, 2.05) is 6.92 Å². The van der Waals surface area contributed by atoms with Gasteiger partial charge in [-0.1, -0.05) is 0 Å². The van der Waals surface area contributed by atoms with Gasteiger partial charge >= 0.3 is 85.5 Å². The maximum atomic E-state index is 9.87. The van der Waals surface area contributed by atoms with Crippen LogP contribution in [0.15, 0.2) is 0 Å². The van der Waals surface area contributed by atoms with Crippen LogP contribution in [0.25, 0.3) is 0 Å². The van der Waals surface area contributed by atoms with Crippen molar-refractivity contribution in [3.8, 4) is 0 Å². The van der Waals surface area contributed by atoms with Gasteiger partial charge in [0, 0.05) is 12.2 Å². The molecular formula is C8H14F12N2P2Zn. The van der Waals surface area contributed by atoms with Crippen LogP contribution < -0.4 is 0 Å². The van der Waals surface area contributed by atoms with Crippen LogP contribution in [0.4, 0.5) is 50.4 Å². The topological polar surface area (TPSA) is 17.8 Å². The third-order valence-corrected chi connectivity index (χ3v) is 1.96. The van der Waals surface area contributed by atoms with E-state index in [-0.39, 0.29) is 19.5 Å². The van der Waals surface area contributed by atoms with E-state index in [1.54, 1.807) is 0 Å². The molecule has 0 amide bonds. The molecule has 0 aliphatic carbocycles. The van der Waals surface area contributed by atoms with Crippen molar-refractivity contribution in [2.24, 2.45) is 0 Å². The molecule has 152 valence electrons. The Morgan fingerprint density at radius 1 is 0.720 bits per heavy atom. The second-order valence-electron chi connectivity index (χ2n) is 4.49. The van der Waals surface area contributed by atoms with E-state index in [9.17, 15) is 50.4 Å². The zero-order valence-corrected chi connectivity index (χ0v) is 18.0. The van der Waals surface area contributed by atoms with Gasteiger partial charge in [-0.3, -0.25) is 0 Å². The van der Waals surface area contributed by atoms with Crippen molar-refractivity contribution in [3.05, 3.63) is 17.2 Å². The Morgan fingerprint density at radius 2 is 0.960 bits per heavy atom. The summed E-state index contributed by atoms with van der Waals surface area (Å²) in [5.41, 5.74) is 2.44. The molecular weight excluding hydrogens is 479 g/mol. The van der Waals surface area contributed by atoms with Crippen LogP contribution in [0.3, 0.4) is 0 Å². The van der Waals surface area contributed by atoms with Crippen molar-refractivity contribution in [2.75, 3.05) is 0 Å². The summed E-state index contributed by atoms with van der Waals surface area (Å²) in [7, 11) is -21.3. The number of hydrogen-bond acceptors (Lipinski definition) is 1. The Hall–Kier alpha value is -0.147. The van der Waals surface area contributed by atoms with Gasteiger partial charge in [-0.25, -0.2) is 4.98 Å². The van der Waals surface area contributed by atoms with E-state index in [0.29, 0.717) is 0 Å². The first-order valence-corrected chi connectivity index (χ1v) is 9.75. The average molecular weight is 494 g/mol. The first-order chi connectivity index (χ1) is 9.56. The van der Waals surface area contributed by atoms with E-state index in [1.165, 1.54) is 5.69 Å². The smallest absolute Gasteiger partial charge is 2.00 e. The molecule has 0 aliphatic rings. The minimum Gasteiger partial charge on any atom is 2.00 e. The fourth-order valence-corrected chi connectivity index (χ4v) is 1.29. The van der Waals surface area contributed by atoms with Crippen molar-refractivity contribution in [3.63, 3.8) is 0 Å². The van der Waals surface area contributed by atoms with Gasteiger partial charge in [0.25, 0.3) is 0 Å². The minimum atomic E-state index is -10.7. The maximum absolute atomic E-state index is 10.7. The molecule has 0 unspecified atom stereocenters. The van der Waals surface area contributed by atoms with Gasteiger partial charge in [0.15, 0.2) is 0 Å². The van der Waals surface area contributed by atoms with Gasteiger partial charge in [-0.2, -0.15) is 0 Å². The van der Waals surface area contributed by atoms with Crippen molar-refractivity contribution in [1.29, 1.82) is 0 Å². The molecule has 0 radical (unpaired) electrons. The summed E-state index contributed by atoms with van der Waals surface area (Å²) in [6.45, 7) is 9.37. The number of halogens is 12. The molecule has 0 aliphatic heterocycles. The van der Waals surface area contributed by atoms with Crippen molar-refractivity contribution >= 4 is 15.6 Å². The first-order valence-electron chi connectivity index (χ1n) is 5.70. The molecule has 0 aromatic carbocycles. The molecule has 0 bridgehead atoms. The standard InChI is InChI=1S/C8H14N2.2F6P.Zn/c1-5-10-7(3)6(2)9-8(10)4;2*1-7(2,3,4,5)6;/h5H2,1-4H3;;;/q;2*-1;+2. The third kappa shape index (κ3) is 35.7. The quantitative estimate of drug-likeness (QED) is 0.218. The molecule has 1 heterocycles. The molecule has 0 saturated carbocycles. The van der Waals surface area contributed by atoms with E-state index < -0.39 is 15.6 Å². The largest absolute Gasteiger partial charge is 2.00 e. The van der Waals surface area contributed by atoms with Gasteiger partial charge < -0.3 is 4.57 Å². The summed E-state index contributed by atoms with van der Waals surface area (Å²) in [6.07, 6.45) is 0. The predicted molar refractivity (Wildman–Crippen MR) is 69.2 cm³/mol. The van der Waals surface area contributed by atoms with E-state index in [4.69, 9.17) is 0 Å².